The second-order valence-corrected chi connectivity index (χ2v) is 3.95. The Morgan fingerprint density at radius 1 is 1.37 bits per heavy atom. The van der Waals surface area contributed by atoms with Gasteiger partial charge < -0.3 is 20.2 Å². The second kappa shape index (κ2) is 6.53. The van der Waals surface area contributed by atoms with Crippen molar-refractivity contribution in [3.63, 3.8) is 0 Å². The Morgan fingerprint density at radius 2 is 2.05 bits per heavy atom. The summed E-state index contributed by atoms with van der Waals surface area (Å²) in [6, 6.07) is 0. The Hall–Kier alpha value is -2.38. The lowest BCUT2D eigenvalue weighted by atomic mass is 10.3. The van der Waals surface area contributed by atoms with E-state index >= 15 is 0 Å². The van der Waals surface area contributed by atoms with E-state index < -0.39 is 23.7 Å². The van der Waals surface area contributed by atoms with Gasteiger partial charge in [0.1, 0.15) is 6.54 Å². The Balaban J connectivity index is 2.44. The molecule has 1 heterocycles. The lowest BCUT2D eigenvalue weighted by molar-refractivity contribution is -0.150. The molecule has 0 aliphatic carbocycles. The molecule has 19 heavy (non-hydrogen) atoms. The molecule has 3 amide bonds. The highest BCUT2D eigenvalue weighted by Crippen LogP contribution is 2.03. The maximum Gasteiger partial charge on any atom is 0.323 e. The predicted molar refractivity (Wildman–Crippen MR) is 64.0 cm³/mol. The molecular weight excluding hydrogens is 254 g/mol. The van der Waals surface area contributed by atoms with Gasteiger partial charge in [0.05, 0.1) is 13.1 Å². The first-order valence-electron chi connectivity index (χ1n) is 5.61. The van der Waals surface area contributed by atoms with Crippen molar-refractivity contribution in [2.24, 2.45) is 0 Å². The number of nitrogens with zero attached hydrogens (tertiary/aromatic N) is 2. The van der Waals surface area contributed by atoms with E-state index in [1.165, 1.54) is 9.80 Å². The number of hydrogen-bond donors (Lipinski definition) is 2. The average molecular weight is 269 g/mol. The summed E-state index contributed by atoms with van der Waals surface area (Å²) in [5.74, 6) is -2.37. The van der Waals surface area contributed by atoms with Crippen LogP contribution in [0.2, 0.25) is 0 Å². The highest BCUT2D eigenvalue weighted by molar-refractivity contribution is 5.92. The Kier molecular flexibility index (Phi) is 5.04. The van der Waals surface area contributed by atoms with E-state index in [2.05, 4.69) is 11.9 Å². The Bertz CT molecular complexity index is 421. The van der Waals surface area contributed by atoms with Crippen molar-refractivity contribution in [2.45, 2.75) is 0 Å². The summed E-state index contributed by atoms with van der Waals surface area (Å²) in [7, 11) is 0. The molecule has 2 N–H and O–H groups in total. The molecule has 0 aromatic heterocycles. The lowest BCUT2D eigenvalue weighted by Crippen LogP contribution is -2.55. The van der Waals surface area contributed by atoms with Gasteiger partial charge in [0.25, 0.3) is 0 Å². The van der Waals surface area contributed by atoms with Gasteiger partial charge >= 0.3 is 5.97 Å². The monoisotopic (exact) mass is 269 g/mol. The number of rotatable bonds is 5. The average Bonchev–Trinajstić information content (AvgIpc) is 2.37. The quantitative estimate of drug-likeness (QED) is 0.564. The van der Waals surface area contributed by atoms with Crippen molar-refractivity contribution in [3.05, 3.63) is 12.7 Å². The van der Waals surface area contributed by atoms with E-state index in [0.717, 1.165) is 6.08 Å². The zero-order valence-electron chi connectivity index (χ0n) is 10.3. The number of carboxylic acids is 1. The smallest absolute Gasteiger partial charge is 0.323 e. The van der Waals surface area contributed by atoms with Crippen LogP contribution in [0.25, 0.3) is 0 Å². The van der Waals surface area contributed by atoms with Gasteiger partial charge in [-0.25, -0.2) is 0 Å². The Morgan fingerprint density at radius 3 is 2.58 bits per heavy atom. The molecule has 104 valence electrons. The van der Waals surface area contributed by atoms with E-state index in [9.17, 15) is 19.2 Å². The second-order valence-electron chi connectivity index (χ2n) is 3.95. The van der Waals surface area contributed by atoms with Gasteiger partial charge in [0, 0.05) is 13.1 Å². The Labute approximate surface area is 109 Å². The number of nitrogens with one attached hydrogen (secondary N) is 1. The fourth-order valence-corrected chi connectivity index (χ4v) is 1.60. The number of piperazine rings is 1. The van der Waals surface area contributed by atoms with Crippen LogP contribution in [0.3, 0.4) is 0 Å². The number of carbonyl (C=O) groups excluding carboxylic acids is 3. The third kappa shape index (κ3) is 4.41. The minimum Gasteiger partial charge on any atom is -0.480 e. The molecule has 0 radical (unpaired) electrons. The minimum absolute atomic E-state index is 0.171. The molecular formula is C11H15N3O5. The molecule has 8 heteroatoms. The molecule has 1 aliphatic heterocycles. The zero-order chi connectivity index (χ0) is 14.4. The van der Waals surface area contributed by atoms with Gasteiger partial charge in [-0.15, -0.1) is 0 Å². The van der Waals surface area contributed by atoms with Crippen molar-refractivity contribution in [2.75, 3.05) is 32.7 Å². The van der Waals surface area contributed by atoms with E-state index in [0.29, 0.717) is 0 Å². The lowest BCUT2D eigenvalue weighted by Gasteiger charge is -2.33. The maximum absolute atomic E-state index is 11.7. The molecule has 0 aromatic rings. The molecule has 1 aliphatic rings. The third-order valence-electron chi connectivity index (χ3n) is 2.60. The largest absolute Gasteiger partial charge is 0.480 e. The van der Waals surface area contributed by atoms with Crippen LogP contribution in [0, 0.1) is 0 Å². The summed E-state index contributed by atoms with van der Waals surface area (Å²) in [5, 5.41) is 10.9. The van der Waals surface area contributed by atoms with Crippen LogP contribution in [0.15, 0.2) is 12.7 Å². The van der Waals surface area contributed by atoms with Crippen LogP contribution in [0.5, 0.6) is 0 Å². The molecule has 0 bridgehead atoms. The van der Waals surface area contributed by atoms with Gasteiger partial charge in [0.2, 0.25) is 17.7 Å². The third-order valence-corrected chi connectivity index (χ3v) is 2.60. The normalized spacial score (nSPS) is 15.1. The molecule has 0 saturated carbocycles. The van der Waals surface area contributed by atoms with Crippen molar-refractivity contribution < 1.29 is 24.3 Å². The van der Waals surface area contributed by atoms with Crippen molar-refractivity contribution in [1.29, 1.82) is 0 Å². The molecule has 1 rings (SSSR count). The molecule has 0 unspecified atom stereocenters. The molecule has 0 aromatic carbocycles. The maximum atomic E-state index is 11.7. The first-order valence-corrected chi connectivity index (χ1v) is 5.61. The van der Waals surface area contributed by atoms with Crippen molar-refractivity contribution >= 4 is 23.7 Å². The SMILES string of the molecule is C=CC(=O)NCC(=O)N1CCN(CC(=O)O)C(=O)C1. The van der Waals surface area contributed by atoms with Gasteiger partial charge in [-0.1, -0.05) is 6.58 Å². The minimum atomic E-state index is -1.09. The molecule has 8 nitrogen and oxygen atoms in total. The van der Waals surface area contributed by atoms with E-state index in [4.69, 9.17) is 5.11 Å². The van der Waals surface area contributed by atoms with Gasteiger partial charge in [0.15, 0.2) is 0 Å². The first-order chi connectivity index (χ1) is 8.93. The van der Waals surface area contributed by atoms with Gasteiger partial charge in [-0.2, -0.15) is 0 Å². The summed E-state index contributed by atoms with van der Waals surface area (Å²) in [6.45, 7) is 2.92. The zero-order valence-corrected chi connectivity index (χ0v) is 10.3. The van der Waals surface area contributed by atoms with Crippen LogP contribution < -0.4 is 5.32 Å². The fraction of sp³-hybridized carbons (Fsp3) is 0.455. The van der Waals surface area contributed by atoms with Gasteiger partial charge in [-0.3, -0.25) is 19.2 Å². The van der Waals surface area contributed by atoms with Crippen molar-refractivity contribution in [1.82, 2.24) is 15.1 Å². The summed E-state index contributed by atoms with van der Waals surface area (Å²) in [5.41, 5.74) is 0. The highest BCUT2D eigenvalue weighted by atomic mass is 16.4. The standard InChI is InChI=1S/C11H15N3O5/c1-2-8(15)12-5-9(16)13-3-4-14(7-11(18)19)10(17)6-13/h2H,1,3-7H2,(H,12,15)(H,18,19). The topological polar surface area (TPSA) is 107 Å². The van der Waals surface area contributed by atoms with Crippen LogP contribution in [-0.4, -0.2) is 71.3 Å². The summed E-state index contributed by atoms with van der Waals surface area (Å²) in [6.07, 6.45) is 1.04. The first kappa shape index (κ1) is 14.7. The number of aliphatic carboxylic acids is 1. The van der Waals surface area contributed by atoms with Crippen LogP contribution in [0.4, 0.5) is 0 Å². The molecule has 0 atom stereocenters. The van der Waals surface area contributed by atoms with Crippen LogP contribution in [0.1, 0.15) is 0 Å². The van der Waals surface area contributed by atoms with E-state index in [-0.39, 0.29) is 32.7 Å². The number of carbonyl (C=O) groups is 4. The highest BCUT2D eigenvalue weighted by Gasteiger charge is 2.27. The van der Waals surface area contributed by atoms with E-state index in [1.54, 1.807) is 0 Å². The number of amides is 3. The molecule has 0 spiro atoms. The molecule has 1 saturated heterocycles. The number of hydrogen-bond acceptors (Lipinski definition) is 4. The fourth-order valence-electron chi connectivity index (χ4n) is 1.60. The van der Waals surface area contributed by atoms with Gasteiger partial charge in [-0.05, 0) is 6.08 Å². The van der Waals surface area contributed by atoms with Crippen molar-refractivity contribution in [3.8, 4) is 0 Å². The van der Waals surface area contributed by atoms with Crippen LogP contribution >= 0.6 is 0 Å². The predicted octanol–water partition coefficient (Wildman–Crippen LogP) is -1.96. The van der Waals surface area contributed by atoms with Crippen LogP contribution in [-0.2, 0) is 19.2 Å². The number of carboxylic acid groups (broad SMARTS) is 1. The molecule has 1 fully saturated rings. The van der Waals surface area contributed by atoms with E-state index in [1.807, 2.05) is 0 Å². The summed E-state index contributed by atoms with van der Waals surface area (Å²) < 4.78 is 0. The summed E-state index contributed by atoms with van der Waals surface area (Å²) >= 11 is 0. The summed E-state index contributed by atoms with van der Waals surface area (Å²) in [4.78, 5) is 47.1.